The van der Waals surface area contributed by atoms with Gasteiger partial charge in [0.15, 0.2) is 0 Å². The van der Waals surface area contributed by atoms with Gasteiger partial charge in [0.1, 0.15) is 22.6 Å². The molecule has 1 atom stereocenters. The van der Waals surface area contributed by atoms with Gasteiger partial charge in [-0.1, -0.05) is 24.3 Å². The quantitative estimate of drug-likeness (QED) is 0.848. The van der Waals surface area contributed by atoms with Crippen molar-refractivity contribution < 1.29 is 22.0 Å². The smallest absolute Gasteiger partial charge is 0.246 e. The number of rotatable bonds is 5. The van der Waals surface area contributed by atoms with Gasteiger partial charge in [0.25, 0.3) is 0 Å². The van der Waals surface area contributed by atoms with E-state index in [1.54, 1.807) is 19.1 Å². The molecular weight excluding hydrogens is 374 g/mol. The first-order chi connectivity index (χ1) is 12.8. The van der Waals surface area contributed by atoms with E-state index in [0.717, 1.165) is 10.4 Å². The van der Waals surface area contributed by atoms with Crippen molar-refractivity contribution in [1.82, 2.24) is 9.62 Å². The summed E-state index contributed by atoms with van der Waals surface area (Å²) in [7, 11) is -4.12. The Labute approximate surface area is 157 Å². The molecule has 8 heteroatoms. The van der Waals surface area contributed by atoms with Crippen LogP contribution in [0, 0.1) is 18.6 Å². The van der Waals surface area contributed by atoms with Crippen molar-refractivity contribution in [3.8, 4) is 0 Å². The first-order valence-corrected chi connectivity index (χ1v) is 10.0. The maximum Gasteiger partial charge on any atom is 0.246 e. The summed E-state index contributed by atoms with van der Waals surface area (Å²) >= 11 is 0. The molecule has 0 spiro atoms. The summed E-state index contributed by atoms with van der Waals surface area (Å²) < 4.78 is 54.2. The highest BCUT2D eigenvalue weighted by Gasteiger charge is 2.40. The second kappa shape index (κ2) is 7.74. The molecule has 2 aromatic carbocycles. The summed E-state index contributed by atoms with van der Waals surface area (Å²) in [6.45, 7) is 1.87. The number of aryl methyl sites for hydroxylation is 1. The Balaban J connectivity index is 1.74. The highest BCUT2D eigenvalue weighted by atomic mass is 32.2. The lowest BCUT2D eigenvalue weighted by atomic mass is 10.1. The average Bonchev–Trinajstić information content (AvgIpc) is 3.13. The topological polar surface area (TPSA) is 66.5 Å². The maximum atomic E-state index is 14.0. The fourth-order valence-electron chi connectivity index (χ4n) is 3.12. The molecule has 0 bridgehead atoms. The van der Waals surface area contributed by atoms with Crippen LogP contribution in [0.15, 0.2) is 47.4 Å². The lowest BCUT2D eigenvalue weighted by molar-refractivity contribution is -0.124. The fourth-order valence-corrected chi connectivity index (χ4v) is 4.85. The Morgan fingerprint density at radius 2 is 1.93 bits per heavy atom. The standard InChI is InChI=1S/C19H20F2N2O3S/c1-13-8-9-14(11-16(13)21)12-22-19(24)17-6-4-10-23(17)27(25,26)18-7-3-2-5-15(18)20/h2-3,5,7-9,11,17H,4,6,10,12H2,1H3,(H,22,24). The molecule has 0 aromatic heterocycles. The molecule has 3 rings (SSSR count). The highest BCUT2D eigenvalue weighted by molar-refractivity contribution is 7.89. The predicted molar refractivity (Wildman–Crippen MR) is 96.3 cm³/mol. The van der Waals surface area contributed by atoms with Gasteiger partial charge in [-0.05, 0) is 49.1 Å². The predicted octanol–water partition coefficient (Wildman–Crippen LogP) is 2.74. The van der Waals surface area contributed by atoms with Crippen LogP contribution < -0.4 is 5.32 Å². The minimum absolute atomic E-state index is 0.0835. The molecule has 1 heterocycles. The molecular formula is C19H20F2N2O3S. The number of halogens is 2. The third-order valence-corrected chi connectivity index (χ3v) is 6.57. The number of benzene rings is 2. The first-order valence-electron chi connectivity index (χ1n) is 8.60. The molecule has 0 radical (unpaired) electrons. The van der Waals surface area contributed by atoms with E-state index in [1.165, 1.54) is 24.3 Å². The van der Waals surface area contributed by atoms with Crippen LogP contribution in [0.1, 0.15) is 24.0 Å². The Hall–Kier alpha value is -2.32. The van der Waals surface area contributed by atoms with Gasteiger partial charge < -0.3 is 5.32 Å². The second-order valence-electron chi connectivity index (χ2n) is 6.51. The zero-order valence-electron chi connectivity index (χ0n) is 14.8. The van der Waals surface area contributed by atoms with E-state index in [-0.39, 0.29) is 18.9 Å². The molecule has 1 N–H and O–H groups in total. The van der Waals surface area contributed by atoms with Gasteiger partial charge in [0.05, 0.1) is 0 Å². The summed E-state index contributed by atoms with van der Waals surface area (Å²) in [5.41, 5.74) is 1.08. The average molecular weight is 394 g/mol. The van der Waals surface area contributed by atoms with Crippen molar-refractivity contribution in [2.24, 2.45) is 0 Å². The number of amides is 1. The first kappa shape index (κ1) is 19.4. The van der Waals surface area contributed by atoms with E-state index in [0.29, 0.717) is 24.0 Å². The second-order valence-corrected chi connectivity index (χ2v) is 8.36. The Kier molecular flexibility index (Phi) is 5.57. The van der Waals surface area contributed by atoms with E-state index < -0.39 is 32.7 Å². The Morgan fingerprint density at radius 3 is 2.63 bits per heavy atom. The van der Waals surface area contributed by atoms with Crippen LogP contribution in [0.25, 0.3) is 0 Å². The van der Waals surface area contributed by atoms with E-state index in [4.69, 9.17) is 0 Å². The third kappa shape index (κ3) is 4.01. The van der Waals surface area contributed by atoms with Gasteiger partial charge in [-0.2, -0.15) is 4.31 Å². The SMILES string of the molecule is Cc1ccc(CNC(=O)C2CCCN2S(=O)(=O)c2ccccc2F)cc1F. The van der Waals surface area contributed by atoms with Crippen LogP contribution in [-0.4, -0.2) is 31.2 Å². The van der Waals surface area contributed by atoms with Crippen molar-refractivity contribution in [3.63, 3.8) is 0 Å². The summed E-state index contributed by atoms with van der Waals surface area (Å²) in [5, 5.41) is 2.65. The van der Waals surface area contributed by atoms with Crippen molar-refractivity contribution in [2.75, 3.05) is 6.54 Å². The largest absolute Gasteiger partial charge is 0.351 e. The Morgan fingerprint density at radius 1 is 1.19 bits per heavy atom. The number of carbonyl (C=O) groups excluding carboxylic acids is 1. The molecule has 5 nitrogen and oxygen atoms in total. The van der Waals surface area contributed by atoms with Crippen LogP contribution in [0.5, 0.6) is 0 Å². The lowest BCUT2D eigenvalue weighted by Gasteiger charge is -2.23. The fraction of sp³-hybridized carbons (Fsp3) is 0.316. The van der Waals surface area contributed by atoms with E-state index in [1.807, 2.05) is 0 Å². The summed E-state index contributed by atoms with van der Waals surface area (Å²) in [5.74, 6) is -1.70. The normalized spacial score (nSPS) is 17.8. The van der Waals surface area contributed by atoms with Crippen molar-refractivity contribution in [2.45, 2.75) is 37.2 Å². The van der Waals surface area contributed by atoms with Crippen molar-refractivity contribution in [1.29, 1.82) is 0 Å². The van der Waals surface area contributed by atoms with Gasteiger partial charge in [0, 0.05) is 13.1 Å². The molecule has 144 valence electrons. The maximum absolute atomic E-state index is 14.0. The molecule has 1 amide bonds. The zero-order chi connectivity index (χ0) is 19.6. The molecule has 1 unspecified atom stereocenters. The van der Waals surface area contributed by atoms with Crippen molar-refractivity contribution in [3.05, 3.63) is 65.2 Å². The van der Waals surface area contributed by atoms with Gasteiger partial charge in [0.2, 0.25) is 15.9 Å². The number of carbonyl (C=O) groups is 1. The number of nitrogens with zero attached hydrogens (tertiary/aromatic N) is 1. The number of hydrogen-bond acceptors (Lipinski definition) is 3. The molecule has 0 saturated carbocycles. The molecule has 27 heavy (non-hydrogen) atoms. The van der Waals surface area contributed by atoms with Crippen molar-refractivity contribution >= 4 is 15.9 Å². The zero-order valence-corrected chi connectivity index (χ0v) is 15.6. The highest BCUT2D eigenvalue weighted by Crippen LogP contribution is 2.27. The number of sulfonamides is 1. The third-order valence-electron chi connectivity index (χ3n) is 4.63. The summed E-state index contributed by atoms with van der Waals surface area (Å²) in [4.78, 5) is 12.1. The van der Waals surface area contributed by atoms with Gasteiger partial charge in [-0.25, -0.2) is 17.2 Å². The van der Waals surface area contributed by atoms with Crippen LogP contribution in [-0.2, 0) is 21.4 Å². The van der Waals surface area contributed by atoms with E-state index >= 15 is 0 Å². The Bertz CT molecular complexity index is 963. The monoisotopic (exact) mass is 394 g/mol. The molecule has 1 aliphatic heterocycles. The summed E-state index contributed by atoms with van der Waals surface area (Å²) in [6.07, 6.45) is 0.854. The van der Waals surface area contributed by atoms with E-state index in [9.17, 15) is 22.0 Å². The molecule has 1 aliphatic rings. The van der Waals surface area contributed by atoms with Crippen LogP contribution in [0.4, 0.5) is 8.78 Å². The van der Waals surface area contributed by atoms with Gasteiger partial charge in [-0.3, -0.25) is 4.79 Å². The van der Waals surface area contributed by atoms with Crippen LogP contribution >= 0.6 is 0 Å². The molecule has 1 fully saturated rings. The van der Waals surface area contributed by atoms with E-state index in [2.05, 4.69) is 5.32 Å². The summed E-state index contributed by atoms with van der Waals surface area (Å²) in [6, 6.07) is 8.83. The number of nitrogens with one attached hydrogen (secondary N) is 1. The molecule has 2 aromatic rings. The van der Waals surface area contributed by atoms with Gasteiger partial charge in [-0.15, -0.1) is 0 Å². The number of hydrogen-bond donors (Lipinski definition) is 1. The van der Waals surface area contributed by atoms with Crippen LogP contribution in [0.2, 0.25) is 0 Å². The van der Waals surface area contributed by atoms with Crippen LogP contribution in [0.3, 0.4) is 0 Å². The van der Waals surface area contributed by atoms with Gasteiger partial charge >= 0.3 is 0 Å². The lowest BCUT2D eigenvalue weighted by Crippen LogP contribution is -2.45. The minimum Gasteiger partial charge on any atom is -0.351 e. The molecule has 1 saturated heterocycles. The minimum atomic E-state index is -4.12. The molecule has 0 aliphatic carbocycles.